The number of anilines is 1. The summed E-state index contributed by atoms with van der Waals surface area (Å²) in [6.07, 6.45) is 4.31. The van der Waals surface area contributed by atoms with Crippen LogP contribution in [0.2, 0.25) is 0 Å². The lowest BCUT2D eigenvalue weighted by atomic mass is 9.95. The number of rotatable bonds is 5. The Bertz CT molecular complexity index is 846. The topological polar surface area (TPSA) is 88.6 Å². The Kier molecular flexibility index (Phi) is 6.37. The van der Waals surface area contributed by atoms with Gasteiger partial charge in [0.05, 0.1) is 23.4 Å². The molecular weight excluding hydrogens is 358 g/mol. The number of benzene rings is 1. The molecule has 1 fully saturated rings. The van der Waals surface area contributed by atoms with Crippen molar-refractivity contribution in [3.8, 4) is 0 Å². The van der Waals surface area contributed by atoms with Crippen LogP contribution in [0.25, 0.3) is 0 Å². The number of ether oxygens (including phenoxy) is 1. The highest BCUT2D eigenvalue weighted by molar-refractivity contribution is 6.02. The van der Waals surface area contributed by atoms with Gasteiger partial charge in [-0.15, -0.1) is 0 Å². The van der Waals surface area contributed by atoms with Gasteiger partial charge >= 0.3 is 5.97 Å². The molecule has 0 spiro atoms. The number of hydrogen-bond donors (Lipinski definition) is 1. The van der Waals surface area contributed by atoms with Gasteiger partial charge in [0.2, 0.25) is 5.91 Å². The number of hydrogen-bond acceptors (Lipinski definition) is 5. The summed E-state index contributed by atoms with van der Waals surface area (Å²) in [6.45, 7) is 3.01. The molecule has 0 bridgehead atoms. The SMILES string of the molecule is CCOC(=O)c1ccccc1NC(=O)C1CCN(C(=O)c2cccnc2)CC1. The molecule has 0 atom stereocenters. The van der Waals surface area contributed by atoms with E-state index >= 15 is 0 Å². The number of piperidine rings is 1. The second kappa shape index (κ2) is 9.12. The molecule has 146 valence electrons. The second-order valence-corrected chi connectivity index (χ2v) is 6.56. The molecule has 7 heteroatoms. The number of carbonyl (C=O) groups excluding carboxylic acids is 3. The molecule has 1 aliphatic heterocycles. The van der Waals surface area contributed by atoms with E-state index in [1.807, 2.05) is 0 Å². The first-order valence-electron chi connectivity index (χ1n) is 9.36. The van der Waals surface area contributed by atoms with Crippen molar-refractivity contribution in [1.82, 2.24) is 9.88 Å². The van der Waals surface area contributed by atoms with E-state index in [2.05, 4.69) is 10.3 Å². The van der Waals surface area contributed by atoms with Crippen molar-refractivity contribution >= 4 is 23.5 Å². The molecule has 0 unspecified atom stereocenters. The maximum Gasteiger partial charge on any atom is 0.340 e. The molecule has 1 aliphatic rings. The van der Waals surface area contributed by atoms with Gasteiger partial charge in [-0.25, -0.2) is 4.79 Å². The maximum absolute atomic E-state index is 12.7. The van der Waals surface area contributed by atoms with Crippen LogP contribution in [0.5, 0.6) is 0 Å². The molecule has 1 saturated heterocycles. The van der Waals surface area contributed by atoms with Crippen molar-refractivity contribution in [2.45, 2.75) is 19.8 Å². The van der Waals surface area contributed by atoms with E-state index < -0.39 is 5.97 Å². The highest BCUT2D eigenvalue weighted by Crippen LogP contribution is 2.23. The Morgan fingerprint density at radius 2 is 1.89 bits per heavy atom. The third-order valence-corrected chi connectivity index (χ3v) is 4.74. The molecule has 1 N–H and O–H groups in total. The van der Waals surface area contributed by atoms with Crippen LogP contribution in [0.4, 0.5) is 5.69 Å². The van der Waals surface area contributed by atoms with E-state index in [4.69, 9.17) is 4.74 Å². The van der Waals surface area contributed by atoms with Gasteiger partial charge in [0.25, 0.3) is 5.91 Å². The fourth-order valence-corrected chi connectivity index (χ4v) is 3.23. The van der Waals surface area contributed by atoms with Crippen molar-refractivity contribution in [3.63, 3.8) is 0 Å². The van der Waals surface area contributed by atoms with Gasteiger partial charge in [-0.1, -0.05) is 12.1 Å². The summed E-state index contributed by atoms with van der Waals surface area (Å²) in [5, 5.41) is 2.84. The van der Waals surface area contributed by atoms with Crippen molar-refractivity contribution < 1.29 is 19.1 Å². The predicted octanol–water partition coefficient (Wildman–Crippen LogP) is 2.75. The molecule has 7 nitrogen and oxygen atoms in total. The molecule has 0 saturated carbocycles. The number of nitrogens with one attached hydrogen (secondary N) is 1. The Morgan fingerprint density at radius 1 is 1.14 bits per heavy atom. The van der Waals surface area contributed by atoms with Gasteiger partial charge in [0.1, 0.15) is 0 Å². The molecule has 3 rings (SSSR count). The Morgan fingerprint density at radius 3 is 2.57 bits per heavy atom. The van der Waals surface area contributed by atoms with Crippen LogP contribution < -0.4 is 5.32 Å². The predicted molar refractivity (Wildman–Crippen MR) is 104 cm³/mol. The normalized spacial score (nSPS) is 14.4. The number of aromatic nitrogens is 1. The van der Waals surface area contributed by atoms with Crippen LogP contribution in [0.3, 0.4) is 0 Å². The van der Waals surface area contributed by atoms with Gasteiger partial charge in [0, 0.05) is 31.4 Å². The van der Waals surface area contributed by atoms with Gasteiger partial charge in [-0.2, -0.15) is 0 Å². The van der Waals surface area contributed by atoms with E-state index in [1.165, 1.54) is 0 Å². The quantitative estimate of drug-likeness (QED) is 0.805. The Balaban J connectivity index is 1.59. The van der Waals surface area contributed by atoms with Gasteiger partial charge in [-0.05, 0) is 44.0 Å². The van der Waals surface area contributed by atoms with Crippen LogP contribution in [0.1, 0.15) is 40.5 Å². The fourth-order valence-electron chi connectivity index (χ4n) is 3.23. The molecule has 28 heavy (non-hydrogen) atoms. The standard InChI is InChI=1S/C21H23N3O4/c1-2-28-21(27)17-7-3-4-8-18(17)23-19(25)15-9-12-24(13-10-15)20(26)16-6-5-11-22-14-16/h3-8,11,14-15H,2,9-10,12-13H2,1H3,(H,23,25). The fraction of sp³-hybridized carbons (Fsp3) is 0.333. The molecular formula is C21H23N3O4. The zero-order chi connectivity index (χ0) is 19.9. The van der Waals surface area contributed by atoms with Crippen molar-refractivity contribution in [3.05, 3.63) is 59.9 Å². The summed E-state index contributed by atoms with van der Waals surface area (Å²) in [7, 11) is 0. The zero-order valence-electron chi connectivity index (χ0n) is 15.8. The van der Waals surface area contributed by atoms with Crippen LogP contribution in [-0.2, 0) is 9.53 Å². The van der Waals surface area contributed by atoms with Crippen LogP contribution in [-0.4, -0.2) is 47.4 Å². The molecule has 2 heterocycles. The van der Waals surface area contributed by atoms with E-state index in [0.717, 1.165) is 0 Å². The van der Waals surface area contributed by atoms with Gasteiger partial charge < -0.3 is 15.0 Å². The second-order valence-electron chi connectivity index (χ2n) is 6.56. The molecule has 1 aromatic heterocycles. The first-order chi connectivity index (χ1) is 13.6. The lowest BCUT2D eigenvalue weighted by Gasteiger charge is -2.31. The molecule has 0 aliphatic carbocycles. The lowest BCUT2D eigenvalue weighted by molar-refractivity contribution is -0.121. The summed E-state index contributed by atoms with van der Waals surface area (Å²) < 4.78 is 5.04. The van der Waals surface area contributed by atoms with E-state index in [9.17, 15) is 14.4 Å². The van der Waals surface area contributed by atoms with Crippen LogP contribution in [0, 0.1) is 5.92 Å². The lowest BCUT2D eigenvalue weighted by Crippen LogP contribution is -2.41. The molecule has 0 radical (unpaired) electrons. The Hall–Kier alpha value is -3.22. The zero-order valence-corrected chi connectivity index (χ0v) is 15.8. The highest BCUT2D eigenvalue weighted by Gasteiger charge is 2.28. The van der Waals surface area contributed by atoms with Gasteiger partial charge in [0.15, 0.2) is 0 Å². The third kappa shape index (κ3) is 4.54. The summed E-state index contributed by atoms with van der Waals surface area (Å²) >= 11 is 0. The summed E-state index contributed by atoms with van der Waals surface area (Å²) in [5.74, 6) is -0.895. The number of pyridine rings is 1. The van der Waals surface area contributed by atoms with E-state index in [0.29, 0.717) is 42.7 Å². The van der Waals surface area contributed by atoms with Crippen molar-refractivity contribution in [2.24, 2.45) is 5.92 Å². The average Bonchev–Trinajstić information content (AvgIpc) is 2.74. The number of nitrogens with zero attached hydrogens (tertiary/aromatic N) is 2. The van der Waals surface area contributed by atoms with Gasteiger partial charge in [-0.3, -0.25) is 14.6 Å². The van der Waals surface area contributed by atoms with Crippen molar-refractivity contribution in [2.75, 3.05) is 25.0 Å². The summed E-state index contributed by atoms with van der Waals surface area (Å²) in [6, 6.07) is 10.3. The Labute approximate surface area is 163 Å². The van der Waals surface area contributed by atoms with E-state index in [-0.39, 0.29) is 24.3 Å². The van der Waals surface area contributed by atoms with Crippen LogP contribution >= 0.6 is 0 Å². The van der Waals surface area contributed by atoms with Crippen molar-refractivity contribution in [1.29, 1.82) is 0 Å². The average molecular weight is 381 g/mol. The minimum atomic E-state index is -0.463. The number of likely N-dealkylation sites (tertiary alicyclic amines) is 1. The smallest absolute Gasteiger partial charge is 0.340 e. The number of para-hydroxylation sites is 1. The largest absolute Gasteiger partial charge is 0.462 e. The summed E-state index contributed by atoms with van der Waals surface area (Å²) in [4.78, 5) is 42.9. The van der Waals surface area contributed by atoms with E-state index in [1.54, 1.807) is 60.6 Å². The minimum Gasteiger partial charge on any atom is -0.462 e. The van der Waals surface area contributed by atoms with Crippen LogP contribution in [0.15, 0.2) is 48.8 Å². The number of esters is 1. The molecule has 2 aromatic rings. The molecule has 1 aromatic carbocycles. The molecule has 2 amide bonds. The minimum absolute atomic E-state index is 0.0698. The third-order valence-electron chi connectivity index (χ3n) is 4.74. The summed E-state index contributed by atoms with van der Waals surface area (Å²) in [5.41, 5.74) is 1.33. The highest BCUT2D eigenvalue weighted by atomic mass is 16.5. The monoisotopic (exact) mass is 381 g/mol. The number of amides is 2. The first kappa shape index (κ1) is 19.5. The maximum atomic E-state index is 12.7. The number of carbonyl (C=O) groups is 3. The first-order valence-corrected chi connectivity index (χ1v) is 9.36.